The maximum atomic E-state index is 15.2. The van der Waals surface area contributed by atoms with Gasteiger partial charge in [-0.15, -0.1) is 22.7 Å². The Kier molecular flexibility index (Phi) is 9.04. The summed E-state index contributed by atoms with van der Waals surface area (Å²) < 4.78 is 2.51. The zero-order valence-electron chi connectivity index (χ0n) is 25.6. The lowest BCUT2D eigenvalue weighted by Crippen LogP contribution is -2.34. The number of ketones is 1. The van der Waals surface area contributed by atoms with Gasteiger partial charge in [0.15, 0.2) is 5.78 Å². The number of thiophene rings is 2. The van der Waals surface area contributed by atoms with Gasteiger partial charge in [-0.05, 0) is 58.0 Å². The fourth-order valence-electron chi connectivity index (χ4n) is 7.04. The number of carbonyl (C=O) groups excluding carboxylic acids is 1. The van der Waals surface area contributed by atoms with E-state index in [1.54, 1.807) is 22.7 Å². The van der Waals surface area contributed by atoms with Crippen LogP contribution in [0.2, 0.25) is 0 Å². The van der Waals surface area contributed by atoms with E-state index >= 15 is 4.79 Å². The molecule has 2 unspecified atom stereocenters. The van der Waals surface area contributed by atoms with Crippen molar-refractivity contribution in [3.8, 4) is 22.3 Å². The predicted molar refractivity (Wildman–Crippen MR) is 204 cm³/mol. The van der Waals surface area contributed by atoms with Gasteiger partial charge in [0, 0.05) is 90.6 Å². The van der Waals surface area contributed by atoms with Gasteiger partial charge in [-0.2, -0.15) is 23.5 Å². The van der Waals surface area contributed by atoms with Crippen LogP contribution in [-0.2, 0) is 12.8 Å². The summed E-state index contributed by atoms with van der Waals surface area (Å²) in [4.78, 5) is 15.2. The number of nitrogens with one attached hydrogen (secondary N) is 2. The largest absolute Gasteiger partial charge is 0.315 e. The van der Waals surface area contributed by atoms with Crippen LogP contribution in [0.25, 0.3) is 42.4 Å². The van der Waals surface area contributed by atoms with E-state index in [2.05, 4.69) is 106 Å². The lowest BCUT2D eigenvalue weighted by atomic mass is 9.84. The molecule has 46 heavy (non-hydrogen) atoms. The summed E-state index contributed by atoms with van der Waals surface area (Å²) in [5, 5.41) is 15.1. The summed E-state index contributed by atoms with van der Waals surface area (Å²) in [6.07, 6.45) is 1.87. The molecule has 4 heterocycles. The van der Waals surface area contributed by atoms with Crippen molar-refractivity contribution in [2.45, 2.75) is 23.3 Å². The van der Waals surface area contributed by atoms with Gasteiger partial charge in [0.1, 0.15) is 0 Å². The van der Waals surface area contributed by atoms with E-state index in [1.165, 1.54) is 42.4 Å². The number of hydrogen-bond acceptors (Lipinski definition) is 7. The Morgan fingerprint density at radius 3 is 1.54 bits per heavy atom. The lowest BCUT2D eigenvalue weighted by molar-refractivity contribution is 0.104. The number of carbonyl (C=O) groups is 1. The molecule has 0 radical (unpaired) electrons. The third kappa shape index (κ3) is 5.98. The molecule has 4 aromatic carbocycles. The van der Waals surface area contributed by atoms with Crippen LogP contribution in [0.4, 0.5) is 0 Å². The van der Waals surface area contributed by atoms with E-state index in [0.717, 1.165) is 72.8 Å². The molecule has 0 amide bonds. The third-order valence-electron chi connectivity index (χ3n) is 9.20. The summed E-state index contributed by atoms with van der Waals surface area (Å²) in [7, 11) is 0. The molecule has 7 heteroatoms. The van der Waals surface area contributed by atoms with E-state index in [1.807, 2.05) is 23.5 Å². The standard InChI is InChI=1S/C39H36N2OS4/c42-39(31-11-5-7-25(19-27-21-40-15-17-43-27)37(31)33-23-45-35-13-3-1-9-29(33)35)32-12-6-8-26(20-28-22-41-16-18-44-28)38(32)34-24-46-36-14-4-2-10-30(34)36/h1-14,23-24,27-28,40-41H,15-22H2. The van der Waals surface area contributed by atoms with E-state index in [-0.39, 0.29) is 5.78 Å². The minimum atomic E-state index is 0.114. The average molecular weight is 677 g/mol. The molecule has 0 spiro atoms. The van der Waals surface area contributed by atoms with E-state index < -0.39 is 0 Å². The highest BCUT2D eigenvalue weighted by atomic mass is 32.2. The Morgan fingerprint density at radius 1 is 0.609 bits per heavy atom. The van der Waals surface area contributed by atoms with Gasteiger partial charge in [0.2, 0.25) is 0 Å². The Morgan fingerprint density at radius 2 is 1.09 bits per heavy atom. The Bertz CT molecular complexity index is 1870. The van der Waals surface area contributed by atoms with Crippen molar-refractivity contribution in [3.63, 3.8) is 0 Å². The summed E-state index contributed by atoms with van der Waals surface area (Å²) in [5.41, 5.74) is 8.71. The van der Waals surface area contributed by atoms with Crippen LogP contribution in [-0.4, -0.2) is 54.0 Å². The maximum Gasteiger partial charge on any atom is 0.194 e. The first-order chi connectivity index (χ1) is 22.7. The van der Waals surface area contributed by atoms with Crippen molar-refractivity contribution in [2.24, 2.45) is 0 Å². The highest BCUT2D eigenvalue weighted by Gasteiger charge is 2.27. The minimum Gasteiger partial charge on any atom is -0.315 e. The summed E-state index contributed by atoms with van der Waals surface area (Å²) >= 11 is 7.63. The molecule has 2 fully saturated rings. The van der Waals surface area contributed by atoms with Crippen LogP contribution in [0.3, 0.4) is 0 Å². The van der Waals surface area contributed by atoms with Crippen LogP contribution in [0.15, 0.2) is 95.7 Å². The van der Waals surface area contributed by atoms with Gasteiger partial charge >= 0.3 is 0 Å². The third-order valence-corrected chi connectivity index (χ3v) is 13.6. The molecule has 2 atom stereocenters. The van der Waals surface area contributed by atoms with Crippen molar-refractivity contribution >= 4 is 72.2 Å². The predicted octanol–water partition coefficient (Wildman–Crippen LogP) is 9.18. The normalized spacial score (nSPS) is 18.7. The molecule has 0 saturated carbocycles. The number of thioether (sulfide) groups is 2. The molecular formula is C39H36N2OS4. The second-order valence-corrected chi connectivity index (χ2v) is 16.7. The van der Waals surface area contributed by atoms with Gasteiger partial charge in [-0.3, -0.25) is 4.79 Å². The number of fused-ring (bicyclic) bond motifs is 2. The summed E-state index contributed by atoms with van der Waals surface area (Å²) in [6.45, 7) is 4.12. The summed E-state index contributed by atoms with van der Waals surface area (Å²) in [5.74, 6) is 2.36. The van der Waals surface area contributed by atoms with Crippen molar-refractivity contribution in [1.82, 2.24) is 10.6 Å². The molecule has 2 aliphatic rings. The molecule has 8 rings (SSSR count). The maximum absolute atomic E-state index is 15.2. The minimum absolute atomic E-state index is 0.114. The smallest absolute Gasteiger partial charge is 0.194 e. The molecule has 6 aromatic rings. The Hall–Kier alpha value is -2.91. The monoisotopic (exact) mass is 676 g/mol. The van der Waals surface area contributed by atoms with Crippen molar-refractivity contribution in [1.29, 1.82) is 0 Å². The fourth-order valence-corrected chi connectivity index (χ4v) is 11.2. The molecule has 0 bridgehead atoms. The van der Waals surface area contributed by atoms with E-state index in [9.17, 15) is 0 Å². The van der Waals surface area contributed by atoms with Gasteiger partial charge in [-0.25, -0.2) is 0 Å². The molecule has 3 nitrogen and oxygen atoms in total. The highest BCUT2D eigenvalue weighted by molar-refractivity contribution is 8.00. The van der Waals surface area contributed by atoms with Crippen molar-refractivity contribution in [2.75, 3.05) is 37.7 Å². The number of rotatable bonds is 8. The van der Waals surface area contributed by atoms with E-state index in [0.29, 0.717) is 10.5 Å². The molecular weight excluding hydrogens is 641 g/mol. The zero-order chi connectivity index (χ0) is 30.9. The molecule has 2 aliphatic heterocycles. The topological polar surface area (TPSA) is 41.1 Å². The van der Waals surface area contributed by atoms with Gasteiger partial charge in [-0.1, -0.05) is 72.8 Å². The average Bonchev–Trinajstić information content (AvgIpc) is 3.73. The van der Waals surface area contributed by atoms with Crippen LogP contribution < -0.4 is 10.6 Å². The second-order valence-electron chi connectivity index (χ2n) is 12.1. The SMILES string of the molecule is O=C(c1cccc(CC2CNCCS2)c1-c1csc2ccccc12)c1cccc(CC2CNCCS2)c1-c1csc2ccccc12. The summed E-state index contributed by atoms with van der Waals surface area (Å²) in [6, 6.07) is 30.1. The molecule has 2 N–H and O–H groups in total. The van der Waals surface area contributed by atoms with E-state index in [4.69, 9.17) is 0 Å². The van der Waals surface area contributed by atoms with Crippen molar-refractivity contribution < 1.29 is 4.79 Å². The van der Waals surface area contributed by atoms with Gasteiger partial charge in [0.25, 0.3) is 0 Å². The van der Waals surface area contributed by atoms with Crippen LogP contribution in [0.5, 0.6) is 0 Å². The first-order valence-electron chi connectivity index (χ1n) is 16.1. The van der Waals surface area contributed by atoms with Gasteiger partial charge < -0.3 is 10.6 Å². The lowest BCUT2D eigenvalue weighted by Gasteiger charge is -2.25. The molecule has 2 saturated heterocycles. The van der Waals surface area contributed by atoms with Gasteiger partial charge in [0.05, 0.1) is 0 Å². The zero-order valence-corrected chi connectivity index (χ0v) is 28.9. The molecule has 232 valence electrons. The molecule has 2 aromatic heterocycles. The molecule has 0 aliphatic carbocycles. The Balaban J connectivity index is 1.31. The first-order valence-corrected chi connectivity index (χ1v) is 20.0. The fraction of sp³-hybridized carbons (Fsp3) is 0.256. The Labute approximate surface area is 287 Å². The first kappa shape index (κ1) is 30.4. The van der Waals surface area contributed by atoms with Crippen LogP contribution >= 0.6 is 46.2 Å². The second kappa shape index (κ2) is 13.7. The van der Waals surface area contributed by atoms with Crippen LogP contribution in [0.1, 0.15) is 27.0 Å². The number of hydrogen-bond donors (Lipinski definition) is 2. The number of benzene rings is 4. The van der Waals surface area contributed by atoms with Crippen molar-refractivity contribution in [3.05, 3.63) is 118 Å². The highest BCUT2D eigenvalue weighted by Crippen LogP contribution is 2.43. The van der Waals surface area contributed by atoms with Crippen LogP contribution in [0, 0.1) is 0 Å². The quantitative estimate of drug-likeness (QED) is 0.157.